The van der Waals surface area contributed by atoms with Gasteiger partial charge < -0.3 is 34.1 Å². The molecule has 2 aliphatic rings. The van der Waals surface area contributed by atoms with E-state index in [1.165, 1.54) is 0 Å². The number of fused-ring (bicyclic) bond motifs is 5. The maximum Gasteiger partial charge on any atom is 0.242 e. The number of hydrogen-bond donors (Lipinski definition) is 2. The van der Waals surface area contributed by atoms with Gasteiger partial charge in [0.15, 0.2) is 11.5 Å². The van der Waals surface area contributed by atoms with Gasteiger partial charge in [-0.3, -0.25) is 14.5 Å². The summed E-state index contributed by atoms with van der Waals surface area (Å²) in [5.74, 6) is 2.91. The summed E-state index contributed by atoms with van der Waals surface area (Å²) in [6, 6.07) is 10.7. The van der Waals surface area contributed by atoms with Crippen molar-refractivity contribution >= 4 is 17.9 Å². The number of rotatable bonds is 5. The molecule has 3 aromatic rings. The van der Waals surface area contributed by atoms with E-state index in [9.17, 15) is 9.59 Å². The van der Waals surface area contributed by atoms with E-state index in [1.807, 2.05) is 65.9 Å². The van der Waals surface area contributed by atoms with Gasteiger partial charge in [0.25, 0.3) is 0 Å². The number of amides is 2. The van der Waals surface area contributed by atoms with Crippen LogP contribution in [0.2, 0.25) is 0 Å². The number of imidazole rings is 1. The fourth-order valence-electron chi connectivity index (χ4n) is 5.25. The number of nitrogens with zero attached hydrogens (tertiary/aromatic N) is 3. The van der Waals surface area contributed by atoms with E-state index in [0.29, 0.717) is 50.9 Å². The molecule has 0 fully saturated rings. The Morgan fingerprint density at radius 3 is 2.70 bits per heavy atom. The number of benzene rings is 2. The quantitative estimate of drug-likeness (QED) is 0.467. The van der Waals surface area contributed by atoms with Crippen LogP contribution >= 0.6 is 0 Å². The van der Waals surface area contributed by atoms with Crippen LogP contribution in [0.25, 0.3) is 17.5 Å². The van der Waals surface area contributed by atoms with E-state index in [2.05, 4.69) is 21.7 Å². The van der Waals surface area contributed by atoms with E-state index in [-0.39, 0.29) is 24.3 Å². The van der Waals surface area contributed by atoms with Gasteiger partial charge in [-0.05, 0) is 54.0 Å². The minimum atomic E-state index is -0.667. The summed E-state index contributed by atoms with van der Waals surface area (Å²) in [4.78, 5) is 33.0. The Morgan fingerprint density at radius 2 is 1.91 bits per heavy atom. The highest BCUT2D eigenvalue weighted by Crippen LogP contribution is 2.33. The van der Waals surface area contributed by atoms with Crippen molar-refractivity contribution in [3.05, 3.63) is 59.9 Å². The van der Waals surface area contributed by atoms with Crippen LogP contribution in [0.5, 0.6) is 23.0 Å². The highest BCUT2D eigenvalue weighted by molar-refractivity contribution is 5.88. The van der Waals surface area contributed by atoms with Crippen LogP contribution in [0.3, 0.4) is 0 Å². The molecule has 228 valence electrons. The molecule has 2 aliphatic heterocycles. The van der Waals surface area contributed by atoms with Gasteiger partial charge in [-0.25, -0.2) is 4.98 Å². The zero-order valence-corrected chi connectivity index (χ0v) is 25.1. The average Bonchev–Trinajstić information content (AvgIpc) is 3.47. The molecular formula is C32H39N5O6. The maximum atomic E-state index is 13.3. The number of hydrogen-bond acceptors (Lipinski definition) is 8. The SMILES string of the molecule is COc1ccc2c(c1)C=C(CN1CCOc3cc(ccc3OC)-c3nccn3CCNC(=O)[C@@H](C(C)C)NC(=O)C1)CO2. The number of carbonyl (C=O) groups is 2. The largest absolute Gasteiger partial charge is 0.497 e. The van der Waals surface area contributed by atoms with Crippen LogP contribution in [0, 0.1) is 5.92 Å². The predicted octanol–water partition coefficient (Wildman–Crippen LogP) is 2.99. The fourth-order valence-corrected chi connectivity index (χ4v) is 5.25. The smallest absolute Gasteiger partial charge is 0.242 e. The maximum absolute atomic E-state index is 13.3. The first-order valence-electron chi connectivity index (χ1n) is 14.5. The monoisotopic (exact) mass is 589 g/mol. The summed E-state index contributed by atoms with van der Waals surface area (Å²) in [6.07, 6.45) is 5.67. The standard InChI is InChI=1S/C32H39N5O6/c1-21(2)30-32(39)34-10-12-37-11-9-33-31(37)23-5-7-27(41-4)28(17-23)42-14-13-36(19-29(38)35-30)18-22-15-24-16-25(40-3)6-8-26(24)43-20-22/h5-9,11,15-17,21,30H,10,12-14,18-20H2,1-4H3,(H,34,39)(H,35,38)/t30-/m1/s1. The molecule has 11 heteroatoms. The molecule has 0 radical (unpaired) electrons. The van der Waals surface area contributed by atoms with Crippen molar-refractivity contribution < 1.29 is 28.5 Å². The molecule has 2 amide bonds. The first-order valence-corrected chi connectivity index (χ1v) is 14.5. The molecule has 1 atom stereocenters. The van der Waals surface area contributed by atoms with E-state index >= 15 is 0 Å². The number of ether oxygens (including phenoxy) is 4. The van der Waals surface area contributed by atoms with Gasteiger partial charge in [0.1, 0.15) is 36.6 Å². The molecule has 2 bridgehead atoms. The predicted molar refractivity (Wildman–Crippen MR) is 162 cm³/mol. The molecule has 0 saturated heterocycles. The number of carbonyl (C=O) groups excluding carboxylic acids is 2. The number of methoxy groups -OCH3 is 2. The zero-order chi connectivity index (χ0) is 30.3. The van der Waals surface area contributed by atoms with Gasteiger partial charge in [-0.1, -0.05) is 13.8 Å². The Labute approximate surface area is 251 Å². The van der Waals surface area contributed by atoms with Crippen molar-refractivity contribution in [1.29, 1.82) is 0 Å². The van der Waals surface area contributed by atoms with Crippen LogP contribution in [0.1, 0.15) is 19.4 Å². The lowest BCUT2D eigenvalue weighted by atomic mass is 10.0. The van der Waals surface area contributed by atoms with Crippen molar-refractivity contribution in [3.63, 3.8) is 0 Å². The topological polar surface area (TPSA) is 116 Å². The molecule has 2 aromatic carbocycles. The lowest BCUT2D eigenvalue weighted by Gasteiger charge is -2.27. The molecule has 1 aromatic heterocycles. The molecule has 5 rings (SSSR count). The van der Waals surface area contributed by atoms with Crippen molar-refractivity contribution in [2.45, 2.75) is 26.4 Å². The van der Waals surface area contributed by atoms with Crippen LogP contribution < -0.4 is 29.6 Å². The van der Waals surface area contributed by atoms with Crippen molar-refractivity contribution in [1.82, 2.24) is 25.1 Å². The normalized spacial score (nSPS) is 18.2. The molecular weight excluding hydrogens is 550 g/mol. The van der Waals surface area contributed by atoms with Crippen LogP contribution in [-0.2, 0) is 16.1 Å². The summed E-state index contributed by atoms with van der Waals surface area (Å²) < 4.78 is 25.1. The van der Waals surface area contributed by atoms with E-state index in [4.69, 9.17) is 18.9 Å². The van der Waals surface area contributed by atoms with Gasteiger partial charge in [0.2, 0.25) is 11.8 Å². The first-order chi connectivity index (χ1) is 20.8. The second-order valence-electron chi connectivity index (χ2n) is 10.9. The average molecular weight is 590 g/mol. The van der Waals surface area contributed by atoms with Gasteiger partial charge in [-0.2, -0.15) is 0 Å². The second-order valence-corrected chi connectivity index (χ2v) is 10.9. The Balaban J connectivity index is 1.42. The van der Waals surface area contributed by atoms with E-state index in [1.54, 1.807) is 20.4 Å². The zero-order valence-electron chi connectivity index (χ0n) is 25.1. The molecule has 0 saturated carbocycles. The van der Waals surface area contributed by atoms with Gasteiger partial charge >= 0.3 is 0 Å². The fraction of sp³-hybridized carbons (Fsp3) is 0.406. The number of aromatic nitrogens is 2. The summed E-state index contributed by atoms with van der Waals surface area (Å²) in [5.41, 5.74) is 2.79. The minimum absolute atomic E-state index is 0.0781. The molecule has 43 heavy (non-hydrogen) atoms. The van der Waals surface area contributed by atoms with Crippen molar-refractivity contribution in [2.75, 3.05) is 53.6 Å². The molecule has 2 N–H and O–H groups in total. The molecule has 11 nitrogen and oxygen atoms in total. The number of nitrogens with one attached hydrogen (secondary N) is 2. The lowest BCUT2D eigenvalue weighted by Crippen LogP contribution is -2.52. The third-order valence-corrected chi connectivity index (χ3v) is 7.50. The Bertz CT molecular complexity index is 1480. The Morgan fingerprint density at radius 1 is 1.05 bits per heavy atom. The highest BCUT2D eigenvalue weighted by atomic mass is 16.5. The molecule has 0 aliphatic carbocycles. The molecule has 0 unspecified atom stereocenters. The third kappa shape index (κ3) is 7.29. The Hall–Kier alpha value is -4.51. The molecule has 0 spiro atoms. The summed E-state index contributed by atoms with van der Waals surface area (Å²) in [6.45, 7) is 6.43. The van der Waals surface area contributed by atoms with Gasteiger partial charge in [-0.15, -0.1) is 0 Å². The summed E-state index contributed by atoms with van der Waals surface area (Å²) in [5, 5.41) is 5.94. The van der Waals surface area contributed by atoms with E-state index in [0.717, 1.165) is 34.0 Å². The second kappa shape index (κ2) is 13.6. The summed E-state index contributed by atoms with van der Waals surface area (Å²) in [7, 11) is 3.23. The molecule has 3 heterocycles. The Kier molecular flexibility index (Phi) is 9.51. The lowest BCUT2D eigenvalue weighted by molar-refractivity contribution is -0.130. The minimum Gasteiger partial charge on any atom is -0.497 e. The van der Waals surface area contributed by atoms with Crippen molar-refractivity contribution in [2.24, 2.45) is 5.92 Å². The third-order valence-electron chi connectivity index (χ3n) is 7.50. The van der Waals surface area contributed by atoms with Crippen LogP contribution in [0.15, 0.2) is 54.4 Å². The van der Waals surface area contributed by atoms with Crippen LogP contribution in [0.4, 0.5) is 0 Å². The van der Waals surface area contributed by atoms with Gasteiger partial charge in [0.05, 0.1) is 20.8 Å². The summed E-state index contributed by atoms with van der Waals surface area (Å²) >= 11 is 0. The van der Waals surface area contributed by atoms with Gasteiger partial charge in [0, 0.05) is 49.7 Å². The van der Waals surface area contributed by atoms with Crippen LogP contribution in [-0.4, -0.2) is 85.9 Å². The first kappa shape index (κ1) is 30.0. The van der Waals surface area contributed by atoms with E-state index < -0.39 is 6.04 Å². The highest BCUT2D eigenvalue weighted by Gasteiger charge is 2.26. The van der Waals surface area contributed by atoms with Crippen molar-refractivity contribution in [3.8, 4) is 34.4 Å².